The van der Waals surface area contributed by atoms with Crippen LogP contribution in [0.4, 0.5) is 8.78 Å². The number of Topliss-reactive ketones (excluding diaryl/α,β-unsaturated/α-hetero) is 1. The molecule has 124 valence electrons. The molecule has 24 heavy (non-hydrogen) atoms. The van der Waals surface area contributed by atoms with Gasteiger partial charge in [0, 0.05) is 11.1 Å². The van der Waals surface area contributed by atoms with E-state index in [-0.39, 0.29) is 12.3 Å². The Bertz CT molecular complexity index is 927. The van der Waals surface area contributed by atoms with Gasteiger partial charge in [0.2, 0.25) is 10.0 Å². The van der Waals surface area contributed by atoms with Gasteiger partial charge in [0.1, 0.15) is 16.5 Å². The second-order valence-corrected chi connectivity index (χ2v) is 6.57. The summed E-state index contributed by atoms with van der Waals surface area (Å²) in [4.78, 5) is 10.4. The molecule has 2 aromatic carbocycles. The summed E-state index contributed by atoms with van der Waals surface area (Å²) in [5, 5.41) is 0. The number of ketones is 1. The number of sulfonamides is 1. The van der Waals surface area contributed by atoms with Crippen LogP contribution in [0.3, 0.4) is 0 Å². The first-order chi connectivity index (χ1) is 11.3. The van der Waals surface area contributed by atoms with Crippen molar-refractivity contribution in [1.29, 1.82) is 0 Å². The average molecular weight is 349 g/mol. The third kappa shape index (κ3) is 4.47. The molecule has 0 radical (unpaired) electrons. The molecule has 4 nitrogen and oxygen atoms in total. The van der Waals surface area contributed by atoms with Gasteiger partial charge < -0.3 is 0 Å². The van der Waals surface area contributed by atoms with E-state index in [0.29, 0.717) is 17.2 Å². The summed E-state index contributed by atoms with van der Waals surface area (Å²) in [7, 11) is -4.20. The van der Waals surface area contributed by atoms with Gasteiger partial charge in [0.05, 0.1) is 6.54 Å². The molecular weight excluding hydrogens is 336 g/mol. The van der Waals surface area contributed by atoms with Crippen molar-refractivity contribution < 1.29 is 22.0 Å². The van der Waals surface area contributed by atoms with Gasteiger partial charge in [-0.2, -0.15) is 4.72 Å². The van der Waals surface area contributed by atoms with Crippen molar-refractivity contribution in [3.05, 3.63) is 65.2 Å². The lowest BCUT2D eigenvalue weighted by Gasteiger charge is -2.05. The molecule has 0 heterocycles. The van der Waals surface area contributed by atoms with Crippen LogP contribution in [0.15, 0.2) is 47.4 Å². The van der Waals surface area contributed by atoms with Gasteiger partial charge in [0.15, 0.2) is 5.78 Å². The lowest BCUT2D eigenvalue weighted by Crippen LogP contribution is -2.25. The minimum Gasteiger partial charge on any atom is -0.295 e. The summed E-state index contributed by atoms with van der Waals surface area (Å²) in [5.74, 6) is 3.31. The Labute approximate surface area is 138 Å². The highest BCUT2D eigenvalue weighted by Gasteiger charge is 2.18. The number of halogens is 2. The molecule has 0 aromatic heterocycles. The van der Waals surface area contributed by atoms with Crippen molar-refractivity contribution in [3.8, 4) is 11.8 Å². The normalized spacial score (nSPS) is 10.8. The summed E-state index contributed by atoms with van der Waals surface area (Å²) in [5.41, 5.74) is 1.14. The monoisotopic (exact) mass is 349 g/mol. The van der Waals surface area contributed by atoms with E-state index in [2.05, 4.69) is 16.6 Å². The number of rotatable bonds is 4. The summed E-state index contributed by atoms with van der Waals surface area (Å²) in [6, 6.07) is 8.66. The predicted molar refractivity (Wildman–Crippen MR) is 84.9 cm³/mol. The van der Waals surface area contributed by atoms with Crippen LogP contribution in [0, 0.1) is 23.5 Å². The SMILES string of the molecule is CC(=O)c1ccc(C#CCNS(=O)(=O)c2cc(F)ccc2F)cc1. The van der Waals surface area contributed by atoms with Crippen molar-refractivity contribution in [2.24, 2.45) is 0 Å². The van der Waals surface area contributed by atoms with E-state index in [4.69, 9.17) is 0 Å². The molecular formula is C17H13F2NO3S. The maximum Gasteiger partial charge on any atom is 0.244 e. The summed E-state index contributed by atoms with van der Waals surface area (Å²) >= 11 is 0. The molecule has 1 N–H and O–H groups in total. The van der Waals surface area contributed by atoms with Crippen molar-refractivity contribution in [2.75, 3.05) is 6.54 Å². The molecule has 0 aliphatic heterocycles. The topological polar surface area (TPSA) is 63.2 Å². The molecule has 0 saturated carbocycles. The molecule has 0 atom stereocenters. The van der Waals surface area contributed by atoms with E-state index in [1.165, 1.54) is 6.92 Å². The highest BCUT2D eigenvalue weighted by atomic mass is 32.2. The van der Waals surface area contributed by atoms with Crippen LogP contribution in [0.25, 0.3) is 0 Å². The van der Waals surface area contributed by atoms with E-state index in [1.807, 2.05) is 0 Å². The molecule has 0 unspecified atom stereocenters. The fourth-order valence-electron chi connectivity index (χ4n) is 1.83. The summed E-state index contributed by atoms with van der Waals surface area (Å²) in [6.07, 6.45) is 0. The van der Waals surface area contributed by atoms with E-state index in [1.54, 1.807) is 24.3 Å². The molecule has 0 aliphatic rings. The van der Waals surface area contributed by atoms with Crippen LogP contribution in [-0.4, -0.2) is 20.7 Å². The minimum atomic E-state index is -4.20. The van der Waals surface area contributed by atoms with Crippen LogP contribution >= 0.6 is 0 Å². The van der Waals surface area contributed by atoms with Crippen molar-refractivity contribution in [1.82, 2.24) is 4.72 Å². The van der Waals surface area contributed by atoms with E-state index in [9.17, 15) is 22.0 Å². The highest BCUT2D eigenvalue weighted by molar-refractivity contribution is 7.89. The lowest BCUT2D eigenvalue weighted by atomic mass is 10.1. The lowest BCUT2D eigenvalue weighted by molar-refractivity contribution is 0.101. The van der Waals surface area contributed by atoms with Gasteiger partial charge in [-0.3, -0.25) is 4.79 Å². The molecule has 0 aliphatic carbocycles. The molecule has 2 rings (SSSR count). The molecule has 7 heteroatoms. The van der Waals surface area contributed by atoms with E-state index < -0.39 is 26.6 Å². The number of benzene rings is 2. The largest absolute Gasteiger partial charge is 0.295 e. The maximum atomic E-state index is 13.5. The number of hydrogen-bond donors (Lipinski definition) is 1. The Morgan fingerprint density at radius 3 is 2.42 bits per heavy atom. The van der Waals surface area contributed by atoms with Crippen molar-refractivity contribution in [3.63, 3.8) is 0 Å². The summed E-state index contributed by atoms with van der Waals surface area (Å²) < 4.78 is 52.5. The van der Waals surface area contributed by atoms with Gasteiger partial charge in [-0.15, -0.1) is 0 Å². The van der Waals surface area contributed by atoms with Crippen LogP contribution in [0.2, 0.25) is 0 Å². The Hall–Kier alpha value is -2.56. The first kappa shape index (κ1) is 17.8. The Kier molecular flexibility index (Phi) is 5.44. The predicted octanol–water partition coefficient (Wildman–Crippen LogP) is 2.50. The third-order valence-corrected chi connectivity index (χ3v) is 4.47. The number of nitrogens with one attached hydrogen (secondary N) is 1. The fourth-order valence-corrected chi connectivity index (χ4v) is 2.84. The second-order valence-electron chi connectivity index (χ2n) is 4.83. The number of hydrogen-bond acceptors (Lipinski definition) is 3. The average Bonchev–Trinajstić information content (AvgIpc) is 2.54. The molecule has 0 saturated heterocycles. The maximum absolute atomic E-state index is 13.5. The standard InChI is InChI=1S/C17H13F2NO3S/c1-12(21)14-6-4-13(5-7-14)3-2-10-20-24(22,23)17-11-15(18)8-9-16(17)19/h4-9,11,20H,10H2,1H3. The third-order valence-electron chi connectivity index (χ3n) is 3.06. The molecule has 0 spiro atoms. The van der Waals surface area contributed by atoms with Gasteiger partial charge in [-0.05, 0) is 37.3 Å². The van der Waals surface area contributed by atoms with Gasteiger partial charge in [0.25, 0.3) is 0 Å². The fraction of sp³-hybridized carbons (Fsp3) is 0.118. The van der Waals surface area contributed by atoms with Gasteiger partial charge in [-0.25, -0.2) is 17.2 Å². The molecule has 2 aromatic rings. The highest BCUT2D eigenvalue weighted by Crippen LogP contribution is 2.15. The quantitative estimate of drug-likeness (QED) is 0.681. The Morgan fingerprint density at radius 1 is 1.12 bits per heavy atom. The number of carbonyl (C=O) groups is 1. The number of carbonyl (C=O) groups excluding carboxylic acids is 1. The smallest absolute Gasteiger partial charge is 0.244 e. The zero-order chi connectivity index (χ0) is 17.7. The first-order valence-electron chi connectivity index (χ1n) is 6.84. The van der Waals surface area contributed by atoms with Crippen molar-refractivity contribution >= 4 is 15.8 Å². The van der Waals surface area contributed by atoms with Crippen LogP contribution in [0.5, 0.6) is 0 Å². The molecule has 0 amide bonds. The zero-order valence-corrected chi connectivity index (χ0v) is 13.5. The van der Waals surface area contributed by atoms with Crippen LogP contribution in [0.1, 0.15) is 22.8 Å². The zero-order valence-electron chi connectivity index (χ0n) is 12.6. The van der Waals surface area contributed by atoms with E-state index in [0.717, 1.165) is 12.1 Å². The first-order valence-corrected chi connectivity index (χ1v) is 8.32. The van der Waals surface area contributed by atoms with E-state index >= 15 is 0 Å². The Balaban J connectivity index is 2.06. The Morgan fingerprint density at radius 2 is 1.79 bits per heavy atom. The second kappa shape index (κ2) is 7.34. The van der Waals surface area contributed by atoms with Crippen molar-refractivity contribution in [2.45, 2.75) is 11.8 Å². The summed E-state index contributed by atoms with van der Waals surface area (Å²) in [6.45, 7) is 1.17. The van der Waals surface area contributed by atoms with Gasteiger partial charge >= 0.3 is 0 Å². The van der Waals surface area contributed by atoms with Gasteiger partial charge in [-0.1, -0.05) is 24.0 Å². The van der Waals surface area contributed by atoms with Crippen LogP contribution < -0.4 is 4.72 Å². The molecule has 0 bridgehead atoms. The van der Waals surface area contributed by atoms with Crippen LogP contribution in [-0.2, 0) is 10.0 Å². The molecule has 0 fully saturated rings. The minimum absolute atomic E-state index is 0.0700.